The molecule has 0 aromatic heterocycles. The molecule has 0 unspecified atom stereocenters. The SMILES string of the molecule is COC(=O)C1=CO[C@@H](C)[C@H]2CNCC[C@H]12. The molecular weight excluding hydrogens is 194 g/mol. The third-order valence-corrected chi connectivity index (χ3v) is 3.36. The van der Waals surface area contributed by atoms with Gasteiger partial charge in [-0.2, -0.15) is 0 Å². The monoisotopic (exact) mass is 211 g/mol. The Morgan fingerprint density at radius 2 is 2.47 bits per heavy atom. The average Bonchev–Trinajstić information content (AvgIpc) is 2.29. The molecule has 0 aliphatic carbocycles. The van der Waals surface area contributed by atoms with Crippen LogP contribution in [-0.4, -0.2) is 32.3 Å². The molecule has 3 atom stereocenters. The fraction of sp³-hybridized carbons (Fsp3) is 0.727. The minimum Gasteiger partial charge on any atom is -0.497 e. The number of ether oxygens (including phenoxy) is 2. The second-order valence-electron chi connectivity index (χ2n) is 4.17. The number of esters is 1. The van der Waals surface area contributed by atoms with E-state index in [2.05, 4.69) is 12.2 Å². The van der Waals surface area contributed by atoms with E-state index in [0.29, 0.717) is 17.4 Å². The van der Waals surface area contributed by atoms with Gasteiger partial charge < -0.3 is 14.8 Å². The summed E-state index contributed by atoms with van der Waals surface area (Å²) >= 11 is 0. The van der Waals surface area contributed by atoms with E-state index in [-0.39, 0.29) is 12.1 Å². The lowest BCUT2D eigenvalue weighted by Crippen LogP contribution is -2.46. The Morgan fingerprint density at radius 1 is 1.67 bits per heavy atom. The van der Waals surface area contributed by atoms with Crippen LogP contribution in [0.25, 0.3) is 0 Å². The molecule has 0 spiro atoms. The van der Waals surface area contributed by atoms with Crippen LogP contribution in [-0.2, 0) is 14.3 Å². The van der Waals surface area contributed by atoms with Gasteiger partial charge in [0.2, 0.25) is 0 Å². The van der Waals surface area contributed by atoms with E-state index in [4.69, 9.17) is 9.47 Å². The molecule has 84 valence electrons. The van der Waals surface area contributed by atoms with Crippen molar-refractivity contribution < 1.29 is 14.3 Å². The van der Waals surface area contributed by atoms with Crippen LogP contribution in [0.1, 0.15) is 13.3 Å². The van der Waals surface area contributed by atoms with E-state index < -0.39 is 0 Å². The number of methoxy groups -OCH3 is 1. The van der Waals surface area contributed by atoms with Crippen molar-refractivity contribution in [2.24, 2.45) is 11.8 Å². The van der Waals surface area contributed by atoms with Crippen LogP contribution >= 0.6 is 0 Å². The standard InChI is InChI=1S/C11H17NO3/c1-7-9-5-12-4-3-8(9)10(6-15-7)11(13)14-2/h6-9,12H,3-5H2,1-2H3/t7-,8-,9+/m0/s1. The van der Waals surface area contributed by atoms with Crippen LogP contribution in [0.5, 0.6) is 0 Å². The molecule has 0 bridgehead atoms. The quantitative estimate of drug-likeness (QED) is 0.648. The minimum absolute atomic E-state index is 0.177. The summed E-state index contributed by atoms with van der Waals surface area (Å²) in [4.78, 5) is 11.5. The zero-order valence-electron chi connectivity index (χ0n) is 9.16. The van der Waals surface area contributed by atoms with E-state index in [1.807, 2.05) is 0 Å². The molecule has 2 rings (SSSR count). The van der Waals surface area contributed by atoms with E-state index in [1.165, 1.54) is 7.11 Å². The molecule has 0 aromatic rings. The molecule has 4 nitrogen and oxygen atoms in total. The third-order valence-electron chi connectivity index (χ3n) is 3.36. The van der Waals surface area contributed by atoms with Crippen molar-refractivity contribution in [1.29, 1.82) is 0 Å². The summed E-state index contributed by atoms with van der Waals surface area (Å²) in [5, 5.41) is 3.33. The van der Waals surface area contributed by atoms with Crippen molar-refractivity contribution in [2.45, 2.75) is 19.4 Å². The van der Waals surface area contributed by atoms with E-state index in [1.54, 1.807) is 6.26 Å². The van der Waals surface area contributed by atoms with Crippen molar-refractivity contribution in [3.8, 4) is 0 Å². The largest absolute Gasteiger partial charge is 0.497 e. The lowest BCUT2D eigenvalue weighted by molar-refractivity contribution is -0.138. The highest BCUT2D eigenvalue weighted by atomic mass is 16.5. The van der Waals surface area contributed by atoms with Gasteiger partial charge in [-0.05, 0) is 19.9 Å². The number of piperidine rings is 1. The van der Waals surface area contributed by atoms with Crippen molar-refractivity contribution >= 4 is 5.97 Å². The van der Waals surface area contributed by atoms with Gasteiger partial charge in [0.05, 0.1) is 25.0 Å². The van der Waals surface area contributed by atoms with Crippen molar-refractivity contribution in [1.82, 2.24) is 5.32 Å². The molecular formula is C11H17NO3. The maximum absolute atomic E-state index is 11.5. The predicted molar refractivity (Wildman–Crippen MR) is 55.1 cm³/mol. The summed E-state index contributed by atoms with van der Waals surface area (Å²) in [6.07, 6.45) is 2.75. The van der Waals surface area contributed by atoms with Gasteiger partial charge in [0.15, 0.2) is 0 Å². The van der Waals surface area contributed by atoms with Gasteiger partial charge in [0.25, 0.3) is 0 Å². The van der Waals surface area contributed by atoms with Crippen molar-refractivity contribution in [2.75, 3.05) is 20.2 Å². The van der Waals surface area contributed by atoms with Crippen LogP contribution in [0.4, 0.5) is 0 Å². The van der Waals surface area contributed by atoms with Crippen LogP contribution in [0.15, 0.2) is 11.8 Å². The first-order chi connectivity index (χ1) is 7.24. The molecule has 2 aliphatic rings. The number of fused-ring (bicyclic) bond motifs is 1. The normalized spacial score (nSPS) is 34.8. The molecule has 1 saturated heterocycles. The Hall–Kier alpha value is -1.03. The minimum atomic E-state index is -0.251. The van der Waals surface area contributed by atoms with Gasteiger partial charge in [-0.3, -0.25) is 0 Å². The van der Waals surface area contributed by atoms with Gasteiger partial charge in [-0.15, -0.1) is 0 Å². The van der Waals surface area contributed by atoms with Gasteiger partial charge in [0.1, 0.15) is 0 Å². The van der Waals surface area contributed by atoms with Gasteiger partial charge >= 0.3 is 5.97 Å². The Morgan fingerprint density at radius 3 is 3.20 bits per heavy atom. The molecule has 0 radical (unpaired) electrons. The van der Waals surface area contributed by atoms with Crippen molar-refractivity contribution in [3.05, 3.63) is 11.8 Å². The maximum atomic E-state index is 11.5. The Bertz CT molecular complexity index is 288. The summed E-state index contributed by atoms with van der Waals surface area (Å²) in [5.41, 5.74) is 0.696. The van der Waals surface area contributed by atoms with Crippen LogP contribution in [0.3, 0.4) is 0 Å². The predicted octanol–water partition coefficient (Wildman–Crippen LogP) is 0.688. The number of carbonyl (C=O) groups excluding carboxylic acids is 1. The molecule has 1 N–H and O–H groups in total. The molecule has 2 heterocycles. The van der Waals surface area contributed by atoms with E-state index >= 15 is 0 Å². The smallest absolute Gasteiger partial charge is 0.337 e. The average molecular weight is 211 g/mol. The zero-order chi connectivity index (χ0) is 10.8. The molecule has 0 saturated carbocycles. The molecule has 0 aromatic carbocycles. The molecule has 0 amide bonds. The van der Waals surface area contributed by atoms with E-state index in [9.17, 15) is 4.79 Å². The first kappa shape index (κ1) is 10.5. The topological polar surface area (TPSA) is 47.6 Å². The molecule has 15 heavy (non-hydrogen) atoms. The maximum Gasteiger partial charge on any atom is 0.337 e. The Kier molecular flexibility index (Phi) is 2.95. The summed E-state index contributed by atoms with van der Waals surface area (Å²) in [7, 11) is 1.41. The molecule has 1 fully saturated rings. The highest BCUT2D eigenvalue weighted by Gasteiger charge is 2.38. The second-order valence-corrected chi connectivity index (χ2v) is 4.17. The fourth-order valence-corrected chi connectivity index (χ4v) is 2.45. The van der Waals surface area contributed by atoms with Crippen molar-refractivity contribution in [3.63, 3.8) is 0 Å². The van der Waals surface area contributed by atoms with Gasteiger partial charge in [-0.25, -0.2) is 4.79 Å². The summed E-state index contributed by atoms with van der Waals surface area (Å²) in [5.74, 6) is 0.430. The highest BCUT2D eigenvalue weighted by molar-refractivity contribution is 5.88. The van der Waals surface area contributed by atoms with Gasteiger partial charge in [-0.1, -0.05) is 0 Å². The first-order valence-electron chi connectivity index (χ1n) is 5.38. The summed E-state index contributed by atoms with van der Waals surface area (Å²) < 4.78 is 10.2. The highest BCUT2D eigenvalue weighted by Crippen LogP contribution is 2.34. The van der Waals surface area contributed by atoms with Crippen LogP contribution in [0, 0.1) is 11.8 Å². The number of carbonyl (C=O) groups is 1. The third kappa shape index (κ3) is 1.86. The number of rotatable bonds is 1. The number of hydrogen-bond donors (Lipinski definition) is 1. The zero-order valence-corrected chi connectivity index (χ0v) is 9.16. The number of hydrogen-bond acceptors (Lipinski definition) is 4. The molecule has 4 heteroatoms. The Balaban J connectivity index is 2.20. The fourth-order valence-electron chi connectivity index (χ4n) is 2.45. The van der Waals surface area contributed by atoms with Crippen LogP contribution < -0.4 is 5.32 Å². The lowest BCUT2D eigenvalue weighted by Gasteiger charge is -2.39. The first-order valence-corrected chi connectivity index (χ1v) is 5.38. The second kappa shape index (κ2) is 4.23. The van der Waals surface area contributed by atoms with Crippen LogP contribution in [0.2, 0.25) is 0 Å². The Labute approximate surface area is 89.6 Å². The lowest BCUT2D eigenvalue weighted by atomic mass is 9.77. The summed E-state index contributed by atoms with van der Waals surface area (Å²) in [6.45, 7) is 3.93. The summed E-state index contributed by atoms with van der Waals surface area (Å²) in [6, 6.07) is 0. The van der Waals surface area contributed by atoms with E-state index in [0.717, 1.165) is 19.5 Å². The molecule has 2 aliphatic heterocycles. The van der Waals surface area contributed by atoms with Gasteiger partial charge in [0, 0.05) is 18.4 Å². The number of nitrogens with one attached hydrogen (secondary N) is 1.